The van der Waals surface area contributed by atoms with E-state index in [0.29, 0.717) is 6.54 Å². The van der Waals surface area contributed by atoms with Crippen molar-refractivity contribution in [2.45, 2.75) is 20.0 Å². The predicted molar refractivity (Wildman–Crippen MR) is 55.9 cm³/mol. The number of nitrogens with zero attached hydrogens (tertiary/aromatic N) is 1. The first-order chi connectivity index (χ1) is 6.50. The number of anilines is 1. The molecule has 0 aliphatic heterocycles. The number of aryl methyl sites for hydroxylation is 1. The van der Waals surface area contributed by atoms with Gasteiger partial charge in [-0.2, -0.15) is 0 Å². The third-order valence-corrected chi connectivity index (χ3v) is 2.79. The van der Waals surface area contributed by atoms with E-state index < -0.39 is 11.0 Å². The van der Waals surface area contributed by atoms with Crippen molar-refractivity contribution in [1.82, 2.24) is 0 Å². The molecule has 0 aromatic carbocycles. The van der Waals surface area contributed by atoms with Gasteiger partial charge in [-0.3, -0.25) is 10.1 Å². The number of hydrogen-bond acceptors (Lipinski definition) is 5. The highest BCUT2D eigenvalue weighted by atomic mass is 32.1. The van der Waals surface area contributed by atoms with Crippen LogP contribution in [0.2, 0.25) is 0 Å². The fraction of sp³-hybridized carbons (Fsp3) is 0.500. The SMILES string of the molecule is Cc1cc([N+](=O)[O-])sc1NC[C@@H](C)O. The molecule has 1 rings (SSSR count). The molecule has 6 heteroatoms. The van der Waals surface area contributed by atoms with E-state index in [1.54, 1.807) is 13.8 Å². The number of aliphatic hydroxyl groups is 1. The van der Waals surface area contributed by atoms with Crippen LogP contribution in [0.25, 0.3) is 0 Å². The maximum Gasteiger partial charge on any atom is 0.326 e. The second kappa shape index (κ2) is 4.39. The Kier molecular flexibility index (Phi) is 3.43. The lowest BCUT2D eigenvalue weighted by Crippen LogP contribution is -2.14. The predicted octanol–water partition coefficient (Wildman–Crippen LogP) is 1.76. The Bertz CT molecular complexity index is 335. The Balaban J connectivity index is 2.72. The van der Waals surface area contributed by atoms with Crippen LogP contribution in [0.5, 0.6) is 0 Å². The van der Waals surface area contributed by atoms with E-state index in [4.69, 9.17) is 5.11 Å². The van der Waals surface area contributed by atoms with E-state index in [2.05, 4.69) is 5.32 Å². The summed E-state index contributed by atoms with van der Waals surface area (Å²) in [5, 5.41) is 23.3. The molecule has 0 radical (unpaired) electrons. The number of thiophene rings is 1. The number of nitro groups is 1. The van der Waals surface area contributed by atoms with Crippen LogP contribution in [-0.4, -0.2) is 22.7 Å². The van der Waals surface area contributed by atoms with E-state index in [9.17, 15) is 10.1 Å². The van der Waals surface area contributed by atoms with Gasteiger partial charge in [-0.15, -0.1) is 0 Å². The van der Waals surface area contributed by atoms with Crippen LogP contribution < -0.4 is 5.32 Å². The van der Waals surface area contributed by atoms with Crippen molar-refractivity contribution in [2.75, 3.05) is 11.9 Å². The van der Waals surface area contributed by atoms with E-state index in [0.717, 1.165) is 21.9 Å². The quantitative estimate of drug-likeness (QED) is 0.594. The number of aliphatic hydroxyl groups excluding tert-OH is 1. The third kappa shape index (κ3) is 2.68. The van der Waals surface area contributed by atoms with Crippen LogP contribution >= 0.6 is 11.3 Å². The summed E-state index contributed by atoms with van der Waals surface area (Å²) in [4.78, 5) is 10.0. The van der Waals surface area contributed by atoms with Crippen LogP contribution in [0.1, 0.15) is 12.5 Å². The molecule has 2 N–H and O–H groups in total. The van der Waals surface area contributed by atoms with Gasteiger partial charge in [0.05, 0.1) is 16.0 Å². The minimum Gasteiger partial charge on any atom is -0.392 e. The first-order valence-corrected chi connectivity index (χ1v) is 4.99. The standard InChI is InChI=1S/C8H12N2O3S/c1-5-3-7(10(12)13)14-8(5)9-4-6(2)11/h3,6,9,11H,4H2,1-2H3/t6-/m1/s1. The second-order valence-electron chi connectivity index (χ2n) is 3.08. The maximum atomic E-state index is 10.4. The van der Waals surface area contributed by atoms with Crippen LogP contribution in [0.4, 0.5) is 10.0 Å². The van der Waals surface area contributed by atoms with Crippen molar-refractivity contribution in [1.29, 1.82) is 0 Å². The van der Waals surface area contributed by atoms with Crippen molar-refractivity contribution < 1.29 is 10.0 Å². The Morgan fingerprint density at radius 1 is 1.79 bits per heavy atom. The van der Waals surface area contributed by atoms with Gasteiger partial charge in [0.2, 0.25) is 0 Å². The molecule has 0 aliphatic carbocycles. The number of nitrogens with one attached hydrogen (secondary N) is 1. The molecule has 1 aromatic rings. The molecular formula is C8H12N2O3S. The lowest BCUT2D eigenvalue weighted by atomic mass is 10.3. The highest BCUT2D eigenvalue weighted by molar-refractivity contribution is 7.19. The van der Waals surface area contributed by atoms with Crippen LogP contribution in [0, 0.1) is 17.0 Å². The smallest absolute Gasteiger partial charge is 0.326 e. The highest BCUT2D eigenvalue weighted by Crippen LogP contribution is 2.32. The summed E-state index contributed by atoms with van der Waals surface area (Å²) in [6, 6.07) is 1.52. The normalized spacial score (nSPS) is 12.5. The lowest BCUT2D eigenvalue weighted by Gasteiger charge is -2.05. The average Bonchev–Trinajstić information content (AvgIpc) is 2.43. The van der Waals surface area contributed by atoms with E-state index >= 15 is 0 Å². The molecule has 78 valence electrons. The van der Waals surface area contributed by atoms with Crippen LogP contribution in [0.3, 0.4) is 0 Å². The van der Waals surface area contributed by atoms with Crippen molar-refractivity contribution >= 4 is 21.3 Å². The van der Waals surface area contributed by atoms with Crippen molar-refractivity contribution in [2.24, 2.45) is 0 Å². The zero-order chi connectivity index (χ0) is 10.7. The largest absolute Gasteiger partial charge is 0.392 e. The molecule has 0 bridgehead atoms. The fourth-order valence-corrected chi connectivity index (χ4v) is 1.87. The minimum atomic E-state index is -0.462. The zero-order valence-electron chi connectivity index (χ0n) is 7.98. The second-order valence-corrected chi connectivity index (χ2v) is 4.11. The zero-order valence-corrected chi connectivity index (χ0v) is 8.80. The Labute approximate surface area is 85.5 Å². The maximum absolute atomic E-state index is 10.4. The molecule has 1 heterocycles. The molecule has 0 aliphatic rings. The van der Waals surface area contributed by atoms with Gasteiger partial charge in [0, 0.05) is 12.6 Å². The number of hydrogen-bond donors (Lipinski definition) is 2. The summed E-state index contributed by atoms with van der Waals surface area (Å²) in [7, 11) is 0. The Morgan fingerprint density at radius 3 is 2.86 bits per heavy atom. The van der Waals surface area contributed by atoms with Gasteiger partial charge >= 0.3 is 5.00 Å². The van der Waals surface area contributed by atoms with Gasteiger partial charge in [-0.1, -0.05) is 0 Å². The molecule has 5 nitrogen and oxygen atoms in total. The number of rotatable bonds is 4. The summed E-state index contributed by atoms with van der Waals surface area (Å²) in [5.74, 6) is 0. The van der Waals surface area contributed by atoms with Crippen LogP contribution in [0.15, 0.2) is 6.07 Å². The molecule has 0 fully saturated rings. The molecule has 14 heavy (non-hydrogen) atoms. The van der Waals surface area contributed by atoms with Crippen LogP contribution in [-0.2, 0) is 0 Å². The Morgan fingerprint density at radius 2 is 2.43 bits per heavy atom. The molecule has 1 aromatic heterocycles. The molecule has 0 unspecified atom stereocenters. The third-order valence-electron chi connectivity index (χ3n) is 1.64. The monoisotopic (exact) mass is 216 g/mol. The van der Waals surface area contributed by atoms with Gasteiger partial charge < -0.3 is 10.4 Å². The van der Waals surface area contributed by atoms with Crippen molar-refractivity contribution in [3.05, 3.63) is 21.7 Å². The summed E-state index contributed by atoms with van der Waals surface area (Å²) < 4.78 is 0. The fourth-order valence-electron chi connectivity index (χ4n) is 0.971. The van der Waals surface area contributed by atoms with E-state index in [-0.39, 0.29) is 5.00 Å². The molecule has 0 spiro atoms. The van der Waals surface area contributed by atoms with Gasteiger partial charge in [0.1, 0.15) is 0 Å². The van der Waals surface area contributed by atoms with E-state index in [1.165, 1.54) is 6.07 Å². The summed E-state index contributed by atoms with van der Waals surface area (Å²) in [6.45, 7) is 3.86. The van der Waals surface area contributed by atoms with Gasteiger partial charge in [0.25, 0.3) is 0 Å². The summed E-state index contributed by atoms with van der Waals surface area (Å²) in [6.07, 6.45) is -0.462. The topological polar surface area (TPSA) is 75.4 Å². The molecule has 0 saturated heterocycles. The van der Waals surface area contributed by atoms with Gasteiger partial charge in [-0.05, 0) is 30.7 Å². The first-order valence-electron chi connectivity index (χ1n) is 4.17. The average molecular weight is 216 g/mol. The molecular weight excluding hydrogens is 204 g/mol. The summed E-state index contributed by atoms with van der Waals surface area (Å²) in [5.41, 5.74) is 0.836. The van der Waals surface area contributed by atoms with Gasteiger partial charge in [0.15, 0.2) is 0 Å². The highest BCUT2D eigenvalue weighted by Gasteiger charge is 2.13. The van der Waals surface area contributed by atoms with E-state index in [1.807, 2.05) is 0 Å². The lowest BCUT2D eigenvalue weighted by molar-refractivity contribution is -0.380. The summed E-state index contributed by atoms with van der Waals surface area (Å²) >= 11 is 1.09. The Hall–Kier alpha value is -1.14. The van der Waals surface area contributed by atoms with Crippen molar-refractivity contribution in [3.8, 4) is 0 Å². The van der Waals surface area contributed by atoms with Crippen molar-refractivity contribution in [3.63, 3.8) is 0 Å². The minimum absolute atomic E-state index is 0.121. The molecule has 0 amide bonds. The molecule has 0 saturated carbocycles. The first kappa shape index (κ1) is 10.9. The van der Waals surface area contributed by atoms with Gasteiger partial charge in [-0.25, -0.2) is 0 Å². The molecule has 1 atom stereocenters.